The van der Waals surface area contributed by atoms with Gasteiger partial charge in [0.1, 0.15) is 5.65 Å². The summed E-state index contributed by atoms with van der Waals surface area (Å²) in [6.07, 6.45) is 3.58. The fourth-order valence-electron chi connectivity index (χ4n) is 2.99. The highest BCUT2D eigenvalue weighted by molar-refractivity contribution is 7.98. The Bertz CT molecular complexity index is 990. The van der Waals surface area contributed by atoms with E-state index in [1.54, 1.807) is 0 Å². The fourth-order valence-corrected chi connectivity index (χ4v) is 3.56. The van der Waals surface area contributed by atoms with Crippen LogP contribution in [0.15, 0.2) is 35.5 Å². The molecule has 0 radical (unpaired) electrons. The zero-order valence-corrected chi connectivity index (χ0v) is 17.6. The molecule has 0 saturated heterocycles. The van der Waals surface area contributed by atoms with Crippen LogP contribution in [0.2, 0.25) is 5.02 Å². The number of rotatable bonds is 8. The highest BCUT2D eigenvalue weighted by atomic mass is 35.5. The van der Waals surface area contributed by atoms with Crippen molar-refractivity contribution in [3.8, 4) is 5.88 Å². The molecule has 0 bridgehead atoms. The molecule has 3 aromatic rings. The molecule has 0 aliphatic rings. The van der Waals surface area contributed by atoms with Crippen LogP contribution in [0, 0.1) is 0 Å². The standard InChI is InChI=1S/C20H22ClN3O3S/c1-4-15-11-16-18(24(15)9-8-13-6-5-7-14(21)10-13)22-20(28-3)23-19(16)27-12-17(25)26-2/h5-7,10-11H,4,8-9,12H2,1-3H3. The van der Waals surface area contributed by atoms with E-state index in [1.165, 1.54) is 18.9 Å². The van der Waals surface area contributed by atoms with E-state index in [0.29, 0.717) is 11.0 Å². The van der Waals surface area contributed by atoms with E-state index >= 15 is 0 Å². The Labute approximate surface area is 173 Å². The number of nitrogens with zero attached hydrogens (tertiary/aromatic N) is 3. The molecule has 0 aliphatic heterocycles. The maximum absolute atomic E-state index is 11.5. The number of aromatic nitrogens is 3. The lowest BCUT2D eigenvalue weighted by atomic mass is 10.1. The van der Waals surface area contributed by atoms with Gasteiger partial charge in [0.2, 0.25) is 5.88 Å². The Kier molecular flexibility index (Phi) is 6.80. The number of carbonyl (C=O) groups excluding carboxylic acids is 1. The van der Waals surface area contributed by atoms with Crippen molar-refractivity contribution in [3.63, 3.8) is 0 Å². The van der Waals surface area contributed by atoms with Crippen molar-refractivity contribution in [2.45, 2.75) is 31.5 Å². The summed E-state index contributed by atoms with van der Waals surface area (Å²) < 4.78 is 12.5. The van der Waals surface area contributed by atoms with Crippen LogP contribution >= 0.6 is 23.4 Å². The third-order valence-electron chi connectivity index (χ3n) is 4.40. The number of halogens is 1. The molecule has 1 aromatic carbocycles. The minimum absolute atomic E-state index is 0.189. The van der Waals surface area contributed by atoms with Gasteiger partial charge in [0.15, 0.2) is 11.8 Å². The van der Waals surface area contributed by atoms with Crippen LogP contribution in [0.4, 0.5) is 0 Å². The zero-order valence-electron chi connectivity index (χ0n) is 16.1. The maximum Gasteiger partial charge on any atom is 0.343 e. The summed E-state index contributed by atoms with van der Waals surface area (Å²) in [6, 6.07) is 9.90. The second kappa shape index (κ2) is 9.30. The number of hydrogen-bond donors (Lipinski definition) is 0. The predicted octanol–water partition coefficient (Wildman–Crippen LogP) is 4.16. The highest BCUT2D eigenvalue weighted by Gasteiger charge is 2.17. The SMILES string of the molecule is CCc1cc2c(OCC(=O)OC)nc(SC)nc2n1CCc1cccc(Cl)c1. The minimum Gasteiger partial charge on any atom is -0.466 e. The number of fused-ring (bicyclic) bond motifs is 1. The Morgan fingerprint density at radius 1 is 1.29 bits per heavy atom. The van der Waals surface area contributed by atoms with Crippen molar-refractivity contribution in [2.24, 2.45) is 0 Å². The predicted molar refractivity (Wildman–Crippen MR) is 111 cm³/mol. The van der Waals surface area contributed by atoms with E-state index < -0.39 is 5.97 Å². The normalized spacial score (nSPS) is 11.0. The van der Waals surface area contributed by atoms with Crippen molar-refractivity contribution in [2.75, 3.05) is 20.0 Å². The molecule has 0 N–H and O–H groups in total. The van der Waals surface area contributed by atoms with Crippen LogP contribution in [-0.4, -0.2) is 40.5 Å². The molecule has 0 unspecified atom stereocenters. The smallest absolute Gasteiger partial charge is 0.343 e. The number of esters is 1. The van der Waals surface area contributed by atoms with Gasteiger partial charge in [0.25, 0.3) is 0 Å². The fraction of sp³-hybridized carbons (Fsp3) is 0.350. The number of ether oxygens (including phenoxy) is 2. The van der Waals surface area contributed by atoms with Gasteiger partial charge in [-0.25, -0.2) is 9.78 Å². The van der Waals surface area contributed by atoms with Gasteiger partial charge in [-0.3, -0.25) is 0 Å². The summed E-state index contributed by atoms with van der Waals surface area (Å²) in [6.45, 7) is 2.67. The number of hydrogen-bond acceptors (Lipinski definition) is 6. The second-order valence-corrected chi connectivity index (χ2v) is 7.35. The number of aryl methyl sites for hydroxylation is 3. The Morgan fingerprint density at radius 2 is 2.11 bits per heavy atom. The Balaban J connectivity index is 1.97. The van der Waals surface area contributed by atoms with Crippen LogP contribution in [-0.2, 0) is 28.9 Å². The summed E-state index contributed by atoms with van der Waals surface area (Å²) >= 11 is 7.54. The van der Waals surface area contributed by atoms with Crippen molar-refractivity contribution in [1.82, 2.24) is 14.5 Å². The van der Waals surface area contributed by atoms with Crippen LogP contribution in [0.25, 0.3) is 11.0 Å². The molecule has 2 heterocycles. The van der Waals surface area contributed by atoms with Gasteiger partial charge in [-0.1, -0.05) is 42.4 Å². The van der Waals surface area contributed by atoms with E-state index in [1.807, 2.05) is 30.5 Å². The van der Waals surface area contributed by atoms with Crippen molar-refractivity contribution < 1.29 is 14.3 Å². The van der Waals surface area contributed by atoms with E-state index in [2.05, 4.69) is 27.3 Å². The number of thioether (sulfide) groups is 1. The van der Waals surface area contributed by atoms with Gasteiger partial charge < -0.3 is 14.0 Å². The first-order chi connectivity index (χ1) is 13.5. The molecule has 3 rings (SSSR count). The first kappa shape index (κ1) is 20.5. The highest BCUT2D eigenvalue weighted by Crippen LogP contribution is 2.29. The van der Waals surface area contributed by atoms with Crippen LogP contribution in [0.3, 0.4) is 0 Å². The number of benzene rings is 1. The third kappa shape index (κ3) is 4.59. The third-order valence-corrected chi connectivity index (χ3v) is 5.18. The van der Waals surface area contributed by atoms with Gasteiger partial charge in [0.05, 0.1) is 12.5 Å². The van der Waals surface area contributed by atoms with Gasteiger partial charge in [-0.15, -0.1) is 0 Å². The molecular formula is C20H22ClN3O3S. The van der Waals surface area contributed by atoms with Crippen molar-refractivity contribution in [1.29, 1.82) is 0 Å². The van der Waals surface area contributed by atoms with Crippen molar-refractivity contribution >= 4 is 40.4 Å². The van der Waals surface area contributed by atoms with E-state index in [9.17, 15) is 4.79 Å². The molecule has 148 valence electrons. The Morgan fingerprint density at radius 3 is 2.79 bits per heavy atom. The first-order valence-electron chi connectivity index (χ1n) is 8.94. The molecule has 8 heteroatoms. The molecule has 2 aromatic heterocycles. The van der Waals surface area contributed by atoms with Crippen LogP contribution in [0.5, 0.6) is 5.88 Å². The summed E-state index contributed by atoms with van der Waals surface area (Å²) in [5.41, 5.74) is 3.10. The molecule has 6 nitrogen and oxygen atoms in total. The largest absolute Gasteiger partial charge is 0.466 e. The van der Waals surface area contributed by atoms with E-state index in [4.69, 9.17) is 21.3 Å². The lowest BCUT2D eigenvalue weighted by Crippen LogP contribution is -2.13. The molecule has 0 saturated carbocycles. The van der Waals surface area contributed by atoms with Gasteiger partial charge in [-0.05, 0) is 42.9 Å². The Hall–Kier alpha value is -2.25. The van der Waals surface area contributed by atoms with Gasteiger partial charge in [0, 0.05) is 17.3 Å². The average Bonchev–Trinajstić information content (AvgIpc) is 3.07. The molecule has 0 amide bonds. The lowest BCUT2D eigenvalue weighted by Gasteiger charge is -2.11. The first-order valence-corrected chi connectivity index (χ1v) is 10.5. The van der Waals surface area contributed by atoms with E-state index in [0.717, 1.165) is 46.7 Å². The molecular weight excluding hydrogens is 398 g/mol. The average molecular weight is 420 g/mol. The van der Waals surface area contributed by atoms with Crippen LogP contribution in [0.1, 0.15) is 18.2 Å². The molecule has 0 aliphatic carbocycles. The minimum atomic E-state index is -0.450. The van der Waals surface area contributed by atoms with Gasteiger partial charge in [-0.2, -0.15) is 4.98 Å². The summed E-state index contributed by atoms with van der Waals surface area (Å²) in [5, 5.41) is 2.12. The van der Waals surface area contributed by atoms with Crippen LogP contribution < -0.4 is 4.74 Å². The maximum atomic E-state index is 11.5. The monoisotopic (exact) mass is 419 g/mol. The van der Waals surface area contributed by atoms with Gasteiger partial charge >= 0.3 is 5.97 Å². The number of carbonyl (C=O) groups is 1. The molecule has 28 heavy (non-hydrogen) atoms. The molecule has 0 atom stereocenters. The van der Waals surface area contributed by atoms with Crippen molar-refractivity contribution in [3.05, 3.63) is 46.6 Å². The number of methoxy groups -OCH3 is 1. The summed E-state index contributed by atoms with van der Waals surface area (Å²) in [5.74, 6) is -0.0514. The topological polar surface area (TPSA) is 66.2 Å². The molecule has 0 spiro atoms. The molecule has 0 fully saturated rings. The second-order valence-electron chi connectivity index (χ2n) is 6.14. The summed E-state index contributed by atoms with van der Waals surface area (Å²) in [7, 11) is 1.33. The summed E-state index contributed by atoms with van der Waals surface area (Å²) in [4.78, 5) is 20.6. The lowest BCUT2D eigenvalue weighted by molar-refractivity contribution is -0.143. The zero-order chi connectivity index (χ0) is 20.1. The quantitative estimate of drug-likeness (QED) is 0.310. The van der Waals surface area contributed by atoms with E-state index in [-0.39, 0.29) is 6.61 Å².